The number of phenolic OH excluding ortho intramolecular Hbond substituents is 8. The molecule has 2 aromatic rings. The molecule has 0 amide bonds. The van der Waals surface area contributed by atoms with Gasteiger partial charge in [0.25, 0.3) is 0 Å². The molecule has 0 spiro atoms. The van der Waals surface area contributed by atoms with Crippen LogP contribution >= 0.6 is 0 Å². The number of hydrogen-bond acceptors (Lipinski definition) is 8. The van der Waals surface area contributed by atoms with Crippen LogP contribution in [0.15, 0.2) is 0 Å². The first kappa shape index (κ1) is 15.2. The molecule has 0 radical (unpaired) electrons. The van der Waals surface area contributed by atoms with E-state index in [4.69, 9.17) is 0 Å². The Balaban J connectivity index is 3.03. The van der Waals surface area contributed by atoms with E-state index in [-0.39, 0.29) is 11.1 Å². The molecule has 2 rings (SSSR count). The highest BCUT2D eigenvalue weighted by atomic mass is 16.3. The van der Waals surface area contributed by atoms with E-state index in [1.54, 1.807) is 0 Å². The molecule has 8 heteroatoms. The summed E-state index contributed by atoms with van der Waals surface area (Å²) in [5.74, 6) is -7.02. The Bertz CT molecular complexity index is 669. The van der Waals surface area contributed by atoms with Crippen molar-refractivity contribution in [3.63, 3.8) is 0 Å². The van der Waals surface area contributed by atoms with Gasteiger partial charge < -0.3 is 40.9 Å². The Morgan fingerprint density at radius 3 is 1.09 bits per heavy atom. The van der Waals surface area contributed by atoms with Crippen LogP contribution in [0.1, 0.15) is 11.1 Å². The summed E-state index contributed by atoms with van der Waals surface area (Å²) in [6.45, 7) is 2.42. The first-order chi connectivity index (χ1) is 10.1. The minimum atomic E-state index is -1.05. The van der Waals surface area contributed by atoms with Gasteiger partial charge in [0.2, 0.25) is 5.75 Å². The zero-order valence-electron chi connectivity index (χ0n) is 11.6. The largest absolute Gasteiger partial charge is 0.507 e. The Labute approximate surface area is 124 Å². The molecule has 0 aliphatic heterocycles. The fourth-order valence-corrected chi connectivity index (χ4v) is 2.11. The summed E-state index contributed by atoms with van der Waals surface area (Å²) in [5.41, 5.74) is -1.83. The van der Waals surface area contributed by atoms with Gasteiger partial charge in [-0.25, -0.2) is 0 Å². The summed E-state index contributed by atoms with van der Waals surface area (Å²) in [6, 6.07) is 0. The van der Waals surface area contributed by atoms with Crippen LogP contribution in [0.3, 0.4) is 0 Å². The van der Waals surface area contributed by atoms with E-state index in [2.05, 4.69) is 0 Å². The summed E-state index contributed by atoms with van der Waals surface area (Å²) in [6.07, 6.45) is 0. The van der Waals surface area contributed by atoms with Crippen LogP contribution in [0.2, 0.25) is 0 Å². The van der Waals surface area contributed by atoms with E-state index in [0.29, 0.717) is 0 Å². The summed E-state index contributed by atoms with van der Waals surface area (Å²) in [4.78, 5) is 0. The van der Waals surface area contributed by atoms with E-state index in [1.807, 2.05) is 0 Å². The lowest BCUT2D eigenvalue weighted by molar-refractivity contribution is 0.356. The first-order valence-corrected chi connectivity index (χ1v) is 6.04. The lowest BCUT2D eigenvalue weighted by Gasteiger charge is -2.17. The van der Waals surface area contributed by atoms with Crippen molar-refractivity contribution in [3.05, 3.63) is 11.1 Å². The molecule has 8 nitrogen and oxygen atoms in total. The van der Waals surface area contributed by atoms with Gasteiger partial charge in [-0.1, -0.05) is 0 Å². The third kappa shape index (κ3) is 1.77. The predicted molar refractivity (Wildman–Crippen MR) is 74.7 cm³/mol. The highest BCUT2D eigenvalue weighted by Crippen LogP contribution is 2.58. The fourth-order valence-electron chi connectivity index (χ4n) is 2.11. The van der Waals surface area contributed by atoms with Crippen molar-refractivity contribution in [1.29, 1.82) is 0 Å². The van der Waals surface area contributed by atoms with Crippen LogP contribution < -0.4 is 0 Å². The van der Waals surface area contributed by atoms with Crippen LogP contribution in [-0.4, -0.2) is 40.9 Å². The molecule has 0 unspecified atom stereocenters. The van der Waals surface area contributed by atoms with E-state index in [9.17, 15) is 40.9 Å². The van der Waals surface area contributed by atoms with Crippen LogP contribution in [0, 0.1) is 13.8 Å². The minimum absolute atomic E-state index is 0.225. The van der Waals surface area contributed by atoms with E-state index < -0.39 is 57.1 Å². The topological polar surface area (TPSA) is 162 Å². The Morgan fingerprint density at radius 1 is 0.364 bits per heavy atom. The van der Waals surface area contributed by atoms with Gasteiger partial charge in [0.05, 0.1) is 11.1 Å². The lowest BCUT2D eigenvalue weighted by atomic mass is 9.95. The van der Waals surface area contributed by atoms with Crippen molar-refractivity contribution >= 4 is 0 Å². The van der Waals surface area contributed by atoms with Crippen LogP contribution in [0.5, 0.6) is 46.0 Å². The molecular formula is C14H14O8. The Hall–Kier alpha value is -3.16. The quantitative estimate of drug-likeness (QED) is 0.291. The second kappa shape index (κ2) is 4.69. The van der Waals surface area contributed by atoms with Gasteiger partial charge in [-0.3, -0.25) is 0 Å². The van der Waals surface area contributed by atoms with Gasteiger partial charge in [-0.15, -0.1) is 0 Å². The van der Waals surface area contributed by atoms with Crippen molar-refractivity contribution in [2.45, 2.75) is 13.8 Å². The van der Waals surface area contributed by atoms with Gasteiger partial charge in [-0.2, -0.15) is 0 Å². The monoisotopic (exact) mass is 310 g/mol. The molecule has 2 aromatic carbocycles. The molecule has 0 fully saturated rings. The average Bonchev–Trinajstić information content (AvgIpc) is 2.50. The third-order valence-electron chi connectivity index (χ3n) is 3.52. The van der Waals surface area contributed by atoms with Gasteiger partial charge in [-0.05, 0) is 13.8 Å². The number of rotatable bonds is 1. The Kier molecular flexibility index (Phi) is 3.25. The maximum atomic E-state index is 10.0. The molecule has 0 saturated carbocycles. The van der Waals surface area contributed by atoms with Gasteiger partial charge in [0, 0.05) is 11.1 Å². The second-order valence-electron chi connectivity index (χ2n) is 4.79. The predicted octanol–water partition coefficient (Wildman–Crippen LogP) is 1.62. The van der Waals surface area contributed by atoms with Crippen molar-refractivity contribution in [1.82, 2.24) is 0 Å². The molecule has 8 N–H and O–H groups in total. The lowest BCUT2D eigenvalue weighted by Crippen LogP contribution is -1.90. The first-order valence-electron chi connectivity index (χ1n) is 6.04. The fraction of sp³-hybridized carbons (Fsp3) is 0.143. The molecule has 22 heavy (non-hydrogen) atoms. The maximum Gasteiger partial charge on any atom is 0.201 e. The molecule has 0 atom stereocenters. The molecule has 0 heterocycles. The Morgan fingerprint density at radius 2 is 0.636 bits per heavy atom. The maximum absolute atomic E-state index is 10.0. The summed E-state index contributed by atoms with van der Waals surface area (Å²) in [7, 11) is 0. The molecule has 0 aromatic heterocycles. The van der Waals surface area contributed by atoms with E-state index in [1.165, 1.54) is 13.8 Å². The molecule has 0 saturated heterocycles. The van der Waals surface area contributed by atoms with Crippen LogP contribution in [-0.2, 0) is 0 Å². The molecule has 0 aliphatic carbocycles. The van der Waals surface area contributed by atoms with E-state index in [0.717, 1.165) is 0 Å². The summed E-state index contributed by atoms with van der Waals surface area (Å²) in [5, 5.41) is 78.4. The molecule has 0 aliphatic rings. The van der Waals surface area contributed by atoms with Crippen molar-refractivity contribution in [2.75, 3.05) is 0 Å². The van der Waals surface area contributed by atoms with Crippen LogP contribution in [0.25, 0.3) is 11.1 Å². The standard InChI is InChI=1S/C14H14O8/c1-3-7(15)5(13(21)14(22)10(3)18)6-11(19)8(16)4(2)9(17)12(6)20/h15-22H,1-2H3. The normalized spacial score (nSPS) is 10.8. The van der Waals surface area contributed by atoms with E-state index >= 15 is 0 Å². The summed E-state index contributed by atoms with van der Waals surface area (Å²) < 4.78 is 0. The minimum Gasteiger partial charge on any atom is -0.507 e. The third-order valence-corrected chi connectivity index (χ3v) is 3.52. The number of hydrogen-bond donors (Lipinski definition) is 8. The van der Waals surface area contributed by atoms with Gasteiger partial charge >= 0.3 is 0 Å². The smallest absolute Gasteiger partial charge is 0.201 e. The van der Waals surface area contributed by atoms with Gasteiger partial charge in [0.1, 0.15) is 5.75 Å². The van der Waals surface area contributed by atoms with Crippen molar-refractivity contribution < 1.29 is 40.9 Å². The highest BCUT2D eigenvalue weighted by Gasteiger charge is 2.30. The molecule has 0 bridgehead atoms. The average molecular weight is 310 g/mol. The van der Waals surface area contributed by atoms with Crippen LogP contribution in [0.4, 0.5) is 0 Å². The van der Waals surface area contributed by atoms with Gasteiger partial charge in [0.15, 0.2) is 34.5 Å². The highest BCUT2D eigenvalue weighted by molar-refractivity contribution is 5.92. The SMILES string of the molecule is Cc1c(O)c(O)c(-c2c(O)c(C)c(O)c(O)c2O)c(O)c1O. The number of phenols is 8. The van der Waals surface area contributed by atoms with Crippen molar-refractivity contribution in [2.24, 2.45) is 0 Å². The molecular weight excluding hydrogens is 296 g/mol. The molecule has 118 valence electrons. The number of benzene rings is 2. The van der Waals surface area contributed by atoms with Crippen molar-refractivity contribution in [3.8, 4) is 57.1 Å². The second-order valence-corrected chi connectivity index (χ2v) is 4.79. The zero-order valence-corrected chi connectivity index (χ0v) is 11.6. The summed E-state index contributed by atoms with van der Waals surface area (Å²) >= 11 is 0. The zero-order chi connectivity index (χ0) is 16.9. The number of aromatic hydroxyl groups is 8.